The molecule has 0 radical (unpaired) electrons. The summed E-state index contributed by atoms with van der Waals surface area (Å²) in [5.74, 6) is 0. The number of hydrogen-bond donors (Lipinski definition) is 0. The van der Waals surface area contributed by atoms with Gasteiger partial charge in [-0.05, 0) is 0 Å². The first kappa shape index (κ1) is 25.3. The van der Waals surface area contributed by atoms with Gasteiger partial charge in [0.15, 0.2) is 0 Å². The molecule has 4 rings (SSSR count). The molecular weight excluding hydrogens is 503 g/mol. The van der Waals surface area contributed by atoms with Gasteiger partial charge in [0.05, 0.1) is 0 Å². The van der Waals surface area contributed by atoms with Gasteiger partial charge in [-0.2, -0.15) is 0 Å². The van der Waals surface area contributed by atoms with Crippen molar-refractivity contribution in [3.63, 3.8) is 0 Å². The summed E-state index contributed by atoms with van der Waals surface area (Å²) in [6.45, 7) is 4.42. The molecule has 0 spiro atoms. The fourth-order valence-electron chi connectivity index (χ4n) is 3.39. The van der Waals surface area contributed by atoms with Crippen LogP contribution in [0.1, 0.15) is 25.0 Å². The van der Waals surface area contributed by atoms with E-state index in [1.165, 1.54) is 42.3 Å². The van der Waals surface area contributed by atoms with Crippen LogP contribution >= 0.6 is 0 Å². The number of hydrogen-bond acceptors (Lipinski definition) is 4. The molecule has 0 atom stereocenters. The maximum Gasteiger partial charge on any atom is -0.112 e. The molecule has 1 aromatic heterocycles. The standard InChI is InChI=1S/C27H25Se.ClHO4/c1-3-20-10-14-23(15-11-20)26-18-25(22-8-6-5-7-9-22)19-27(28-26)24-16-12-21(4-2)13-17-24;2-1(3,4)5/h5-19H,3-4H2,1-2H3;(H,2,3,4,5)/q+1;/p-1. The molecular formula is C27H25ClO4Se. The number of aryl methyl sites for hydroxylation is 2. The van der Waals surface area contributed by atoms with Crippen molar-refractivity contribution in [2.75, 3.05) is 0 Å². The van der Waals surface area contributed by atoms with E-state index in [9.17, 15) is 0 Å². The minimum Gasteiger partial charge on any atom is -0.222 e. The van der Waals surface area contributed by atoms with Gasteiger partial charge in [0.25, 0.3) is 0 Å². The van der Waals surface area contributed by atoms with Crippen LogP contribution in [0, 0.1) is 10.2 Å². The summed E-state index contributed by atoms with van der Waals surface area (Å²) in [6, 6.07) is 33.7. The summed E-state index contributed by atoms with van der Waals surface area (Å²) in [6.07, 6.45) is 2.17. The Kier molecular flexibility index (Phi) is 8.95. The van der Waals surface area contributed by atoms with Crippen molar-refractivity contribution in [2.45, 2.75) is 26.7 Å². The molecule has 0 saturated heterocycles. The first-order valence-corrected chi connectivity index (χ1v) is 13.6. The smallest absolute Gasteiger partial charge is 0.112 e. The largest absolute Gasteiger partial charge is 0.222 e. The molecule has 0 bridgehead atoms. The van der Waals surface area contributed by atoms with Gasteiger partial charge in [0.1, 0.15) is 0 Å². The van der Waals surface area contributed by atoms with Gasteiger partial charge in [-0.15, -0.1) is 10.2 Å². The second kappa shape index (κ2) is 11.7. The molecule has 4 aromatic rings. The Bertz CT molecular complexity index is 1080. The van der Waals surface area contributed by atoms with Crippen LogP contribution in [0.5, 0.6) is 0 Å². The molecule has 0 aliphatic heterocycles. The fourth-order valence-corrected chi connectivity index (χ4v) is 5.74. The SMILES string of the molecule is CCc1ccc(-c2cc(-c3ccccc3)cc(-c3ccc(CC)cc3)[se+]2)cc1.[O-][Cl+3]([O-])([O-])[O-]. The zero-order valence-electron chi connectivity index (χ0n) is 18.5. The number of benzene rings is 3. The van der Waals surface area contributed by atoms with Crippen LogP contribution in [0.15, 0.2) is 91.0 Å². The minimum atomic E-state index is -4.94. The Hall–Kier alpha value is -2.34. The topological polar surface area (TPSA) is 92.2 Å². The van der Waals surface area contributed by atoms with Crippen LogP contribution in [0.3, 0.4) is 0 Å². The van der Waals surface area contributed by atoms with Crippen LogP contribution in [0.4, 0.5) is 0 Å². The van der Waals surface area contributed by atoms with Crippen molar-refractivity contribution in [3.05, 3.63) is 102 Å². The Morgan fingerprint density at radius 3 is 1.30 bits per heavy atom. The quantitative estimate of drug-likeness (QED) is 0.373. The molecule has 0 saturated carbocycles. The van der Waals surface area contributed by atoms with Crippen molar-refractivity contribution in [1.29, 1.82) is 0 Å². The molecule has 33 heavy (non-hydrogen) atoms. The van der Waals surface area contributed by atoms with Crippen molar-refractivity contribution in [3.8, 4) is 31.1 Å². The number of rotatable bonds is 5. The Balaban J connectivity index is 0.000000555. The Morgan fingerprint density at radius 1 is 0.545 bits per heavy atom. The number of halogens is 1. The maximum atomic E-state index is 8.49. The molecule has 0 fully saturated rings. The van der Waals surface area contributed by atoms with Crippen LogP contribution in [0.2, 0.25) is 0 Å². The molecule has 0 aliphatic carbocycles. The summed E-state index contributed by atoms with van der Waals surface area (Å²) in [5.41, 5.74) is 8.07. The molecule has 6 heteroatoms. The predicted molar refractivity (Wildman–Crippen MR) is 123 cm³/mol. The van der Waals surface area contributed by atoms with Crippen molar-refractivity contribution in [2.24, 2.45) is 0 Å². The van der Waals surface area contributed by atoms with Crippen molar-refractivity contribution in [1.82, 2.24) is 0 Å². The molecule has 0 unspecified atom stereocenters. The van der Waals surface area contributed by atoms with Crippen LogP contribution in [0.25, 0.3) is 31.1 Å². The van der Waals surface area contributed by atoms with Gasteiger partial charge in [-0.3, -0.25) is 0 Å². The molecule has 0 N–H and O–H groups in total. The van der Waals surface area contributed by atoms with Gasteiger partial charge in [0.2, 0.25) is 0 Å². The maximum absolute atomic E-state index is 8.49. The zero-order chi connectivity index (χ0) is 23.8. The first-order valence-electron chi connectivity index (χ1n) is 10.6. The predicted octanol–water partition coefficient (Wildman–Crippen LogP) is 2.39. The summed E-state index contributed by atoms with van der Waals surface area (Å²) in [7, 11) is -4.94. The van der Waals surface area contributed by atoms with E-state index in [2.05, 4.69) is 105 Å². The van der Waals surface area contributed by atoms with Crippen molar-refractivity contribution >= 4 is 14.5 Å². The van der Waals surface area contributed by atoms with E-state index < -0.39 is 10.2 Å². The summed E-state index contributed by atoms with van der Waals surface area (Å²) >= 11 is 0.291. The van der Waals surface area contributed by atoms with Gasteiger partial charge < -0.3 is 0 Å². The first-order chi connectivity index (χ1) is 15.8. The third kappa shape index (κ3) is 7.88. The zero-order valence-corrected chi connectivity index (χ0v) is 21.0. The normalized spacial score (nSPS) is 11.0. The molecule has 4 nitrogen and oxygen atoms in total. The van der Waals surface area contributed by atoms with E-state index in [1.54, 1.807) is 0 Å². The second-order valence-electron chi connectivity index (χ2n) is 7.42. The molecule has 3 aromatic carbocycles. The molecule has 170 valence electrons. The Morgan fingerprint density at radius 2 is 0.939 bits per heavy atom. The van der Waals surface area contributed by atoms with Gasteiger partial charge in [0, 0.05) is 0 Å². The van der Waals surface area contributed by atoms with Gasteiger partial charge in [-0.1, -0.05) is 0 Å². The molecule has 0 aliphatic rings. The van der Waals surface area contributed by atoms with E-state index in [4.69, 9.17) is 18.6 Å². The van der Waals surface area contributed by atoms with E-state index in [-0.39, 0.29) is 0 Å². The van der Waals surface area contributed by atoms with Gasteiger partial charge in [-0.25, -0.2) is 18.6 Å². The third-order valence-electron chi connectivity index (χ3n) is 5.19. The average Bonchev–Trinajstić information content (AvgIpc) is 2.83. The van der Waals surface area contributed by atoms with Crippen LogP contribution in [-0.2, 0) is 12.8 Å². The summed E-state index contributed by atoms with van der Waals surface area (Å²) < 4.78 is 36.9. The molecule has 0 amide bonds. The van der Waals surface area contributed by atoms with E-state index in [0.29, 0.717) is 14.5 Å². The van der Waals surface area contributed by atoms with E-state index in [0.717, 1.165) is 12.8 Å². The summed E-state index contributed by atoms with van der Waals surface area (Å²) in [5, 5.41) is 0. The monoisotopic (exact) mass is 528 g/mol. The van der Waals surface area contributed by atoms with E-state index >= 15 is 0 Å². The average molecular weight is 528 g/mol. The molecule has 1 heterocycles. The second-order valence-corrected chi connectivity index (χ2v) is 10.4. The van der Waals surface area contributed by atoms with Crippen LogP contribution < -0.4 is 18.6 Å². The Labute approximate surface area is 202 Å². The van der Waals surface area contributed by atoms with Gasteiger partial charge >= 0.3 is 174 Å². The minimum absolute atomic E-state index is 0.291. The fraction of sp³-hybridized carbons (Fsp3) is 0.148. The van der Waals surface area contributed by atoms with Crippen LogP contribution in [-0.4, -0.2) is 14.5 Å². The van der Waals surface area contributed by atoms with Crippen molar-refractivity contribution < 1.29 is 28.9 Å². The van der Waals surface area contributed by atoms with E-state index in [1.807, 2.05) is 0 Å². The summed E-state index contributed by atoms with van der Waals surface area (Å²) in [4.78, 5) is 0. The third-order valence-corrected chi connectivity index (χ3v) is 7.60.